The van der Waals surface area contributed by atoms with E-state index in [1.807, 2.05) is 36.4 Å². The minimum atomic E-state index is -0.646. The molecular formula is C22H22N4O3. The molecule has 2 aromatic carbocycles. The summed E-state index contributed by atoms with van der Waals surface area (Å²) in [5.41, 5.74) is 1.51. The van der Waals surface area contributed by atoms with Crippen molar-refractivity contribution in [1.29, 1.82) is 0 Å². The van der Waals surface area contributed by atoms with Crippen molar-refractivity contribution in [1.82, 2.24) is 15.1 Å². The largest absolute Gasteiger partial charge is 0.457 e. The van der Waals surface area contributed by atoms with Gasteiger partial charge >= 0.3 is 11.8 Å². The standard InChI is InChI=1S/C22H22N4O3/c27-21(22(28)26-13-5-6-16(15-26)20-11-12-23-25-20)24-17-7-4-10-19(14-17)29-18-8-2-1-3-9-18/h1-4,7-12,14,16H,5-6,13,15H2,(H,23,25)(H,24,27)/t16-/m1/s1. The predicted molar refractivity (Wildman–Crippen MR) is 109 cm³/mol. The van der Waals surface area contributed by atoms with Crippen LogP contribution in [0.3, 0.4) is 0 Å². The number of piperidine rings is 1. The van der Waals surface area contributed by atoms with Crippen molar-refractivity contribution in [2.24, 2.45) is 0 Å². The molecule has 1 fully saturated rings. The number of carbonyl (C=O) groups excluding carboxylic acids is 2. The van der Waals surface area contributed by atoms with Crippen molar-refractivity contribution in [3.05, 3.63) is 72.6 Å². The Morgan fingerprint density at radius 1 is 1.07 bits per heavy atom. The van der Waals surface area contributed by atoms with Crippen LogP contribution in [0.2, 0.25) is 0 Å². The smallest absolute Gasteiger partial charge is 0.313 e. The van der Waals surface area contributed by atoms with Crippen LogP contribution in [0.5, 0.6) is 11.5 Å². The number of hydrogen-bond donors (Lipinski definition) is 2. The minimum absolute atomic E-state index is 0.172. The Hall–Kier alpha value is -3.61. The average molecular weight is 390 g/mol. The fraction of sp³-hybridized carbons (Fsp3) is 0.227. The number of carbonyl (C=O) groups is 2. The Morgan fingerprint density at radius 3 is 2.69 bits per heavy atom. The van der Waals surface area contributed by atoms with Crippen LogP contribution in [0, 0.1) is 0 Å². The van der Waals surface area contributed by atoms with Crippen LogP contribution in [-0.4, -0.2) is 40.0 Å². The molecule has 1 atom stereocenters. The molecule has 0 saturated carbocycles. The molecule has 7 nitrogen and oxygen atoms in total. The van der Waals surface area contributed by atoms with Crippen molar-refractivity contribution in [2.75, 3.05) is 18.4 Å². The first-order valence-corrected chi connectivity index (χ1v) is 9.61. The lowest BCUT2D eigenvalue weighted by Crippen LogP contribution is -2.44. The number of hydrogen-bond acceptors (Lipinski definition) is 4. The van der Waals surface area contributed by atoms with E-state index in [1.165, 1.54) is 0 Å². The number of benzene rings is 2. The molecule has 0 bridgehead atoms. The second-order valence-corrected chi connectivity index (χ2v) is 7.00. The Balaban J connectivity index is 1.38. The monoisotopic (exact) mass is 390 g/mol. The van der Waals surface area contributed by atoms with Crippen molar-refractivity contribution in [2.45, 2.75) is 18.8 Å². The summed E-state index contributed by atoms with van der Waals surface area (Å²) in [6.07, 6.45) is 3.52. The summed E-state index contributed by atoms with van der Waals surface area (Å²) >= 11 is 0. The van der Waals surface area contributed by atoms with Gasteiger partial charge in [-0.15, -0.1) is 0 Å². The molecule has 1 aliphatic heterocycles. The van der Waals surface area contributed by atoms with Crippen LogP contribution in [0.25, 0.3) is 0 Å². The molecule has 2 N–H and O–H groups in total. The van der Waals surface area contributed by atoms with E-state index in [2.05, 4.69) is 15.5 Å². The lowest BCUT2D eigenvalue weighted by molar-refractivity contribution is -0.144. The van der Waals surface area contributed by atoms with E-state index >= 15 is 0 Å². The van der Waals surface area contributed by atoms with Gasteiger partial charge in [-0.1, -0.05) is 24.3 Å². The van der Waals surface area contributed by atoms with Crippen molar-refractivity contribution in [3.63, 3.8) is 0 Å². The van der Waals surface area contributed by atoms with Gasteiger partial charge in [0.2, 0.25) is 0 Å². The highest BCUT2D eigenvalue weighted by molar-refractivity contribution is 6.39. The molecule has 0 aliphatic carbocycles. The van der Waals surface area contributed by atoms with E-state index in [4.69, 9.17) is 4.74 Å². The quantitative estimate of drug-likeness (QED) is 0.667. The van der Waals surface area contributed by atoms with Gasteiger partial charge in [-0.2, -0.15) is 5.10 Å². The van der Waals surface area contributed by atoms with Gasteiger partial charge in [0.05, 0.1) is 0 Å². The zero-order valence-electron chi connectivity index (χ0n) is 15.9. The summed E-state index contributed by atoms with van der Waals surface area (Å²) in [5.74, 6) is 0.283. The van der Waals surface area contributed by atoms with Gasteiger partial charge in [0, 0.05) is 42.7 Å². The van der Waals surface area contributed by atoms with E-state index in [0.29, 0.717) is 30.3 Å². The molecule has 1 aliphatic rings. The van der Waals surface area contributed by atoms with Gasteiger partial charge in [-0.05, 0) is 43.2 Å². The molecule has 2 amide bonds. The van der Waals surface area contributed by atoms with Crippen molar-refractivity contribution >= 4 is 17.5 Å². The first kappa shape index (κ1) is 18.7. The van der Waals surface area contributed by atoms with Gasteiger partial charge in [-0.3, -0.25) is 14.7 Å². The summed E-state index contributed by atoms with van der Waals surface area (Å²) < 4.78 is 5.78. The number of amides is 2. The number of aromatic amines is 1. The molecule has 29 heavy (non-hydrogen) atoms. The molecule has 7 heteroatoms. The second kappa shape index (κ2) is 8.60. The zero-order valence-corrected chi connectivity index (χ0v) is 15.9. The molecule has 4 rings (SSSR count). The fourth-order valence-electron chi connectivity index (χ4n) is 3.50. The molecular weight excluding hydrogens is 368 g/mol. The van der Waals surface area contributed by atoms with Gasteiger partial charge in [0.15, 0.2) is 0 Å². The van der Waals surface area contributed by atoms with Crippen LogP contribution >= 0.6 is 0 Å². The van der Waals surface area contributed by atoms with Crippen LogP contribution in [0.15, 0.2) is 66.9 Å². The summed E-state index contributed by atoms with van der Waals surface area (Å²) in [5, 5.41) is 9.62. The number of rotatable bonds is 4. The topological polar surface area (TPSA) is 87.3 Å². The number of anilines is 1. The normalized spacial score (nSPS) is 16.3. The Morgan fingerprint density at radius 2 is 1.90 bits per heavy atom. The van der Waals surface area contributed by atoms with E-state index in [0.717, 1.165) is 18.5 Å². The summed E-state index contributed by atoms with van der Waals surface area (Å²) in [6.45, 7) is 1.08. The van der Waals surface area contributed by atoms with Gasteiger partial charge in [0.25, 0.3) is 0 Å². The number of H-pyrrole nitrogens is 1. The molecule has 2 heterocycles. The van der Waals surface area contributed by atoms with Crippen molar-refractivity contribution < 1.29 is 14.3 Å². The Labute approximate surface area is 168 Å². The Bertz CT molecular complexity index is 973. The van der Waals surface area contributed by atoms with Crippen LogP contribution in [-0.2, 0) is 9.59 Å². The summed E-state index contributed by atoms with van der Waals surface area (Å²) in [7, 11) is 0. The number of nitrogens with one attached hydrogen (secondary N) is 2. The molecule has 3 aromatic rings. The minimum Gasteiger partial charge on any atom is -0.457 e. The van der Waals surface area contributed by atoms with Crippen LogP contribution in [0.1, 0.15) is 24.5 Å². The molecule has 0 spiro atoms. The van der Waals surface area contributed by atoms with E-state index < -0.39 is 11.8 Å². The maximum absolute atomic E-state index is 12.7. The maximum atomic E-state index is 12.7. The third-order valence-electron chi connectivity index (χ3n) is 4.94. The van der Waals surface area contributed by atoms with E-state index in [-0.39, 0.29) is 5.92 Å². The van der Waals surface area contributed by atoms with E-state index in [1.54, 1.807) is 35.4 Å². The Kier molecular flexibility index (Phi) is 5.56. The average Bonchev–Trinajstić information content (AvgIpc) is 3.29. The second-order valence-electron chi connectivity index (χ2n) is 7.00. The highest BCUT2D eigenvalue weighted by Gasteiger charge is 2.29. The third kappa shape index (κ3) is 4.63. The zero-order chi connectivity index (χ0) is 20.1. The number of para-hydroxylation sites is 1. The third-order valence-corrected chi connectivity index (χ3v) is 4.94. The van der Waals surface area contributed by atoms with Gasteiger partial charge in [-0.25, -0.2) is 0 Å². The predicted octanol–water partition coefficient (Wildman–Crippen LogP) is 3.55. The SMILES string of the molecule is O=C(Nc1cccc(Oc2ccccc2)c1)C(=O)N1CCC[C@@H](c2ccn[nH]2)C1. The lowest BCUT2D eigenvalue weighted by Gasteiger charge is -2.31. The molecule has 1 saturated heterocycles. The fourth-order valence-corrected chi connectivity index (χ4v) is 3.50. The number of aromatic nitrogens is 2. The molecule has 148 valence electrons. The van der Waals surface area contributed by atoms with Gasteiger partial charge in [0.1, 0.15) is 11.5 Å². The van der Waals surface area contributed by atoms with Gasteiger partial charge < -0.3 is 15.0 Å². The van der Waals surface area contributed by atoms with Crippen LogP contribution < -0.4 is 10.1 Å². The number of ether oxygens (including phenoxy) is 1. The first-order chi connectivity index (χ1) is 14.2. The van der Waals surface area contributed by atoms with E-state index in [9.17, 15) is 9.59 Å². The van der Waals surface area contributed by atoms with Crippen LogP contribution in [0.4, 0.5) is 5.69 Å². The van der Waals surface area contributed by atoms with Crippen molar-refractivity contribution in [3.8, 4) is 11.5 Å². The number of nitrogens with zero attached hydrogens (tertiary/aromatic N) is 2. The number of likely N-dealkylation sites (tertiary alicyclic amines) is 1. The maximum Gasteiger partial charge on any atom is 0.313 e. The molecule has 1 aromatic heterocycles. The lowest BCUT2D eigenvalue weighted by atomic mass is 9.95. The molecule has 0 unspecified atom stereocenters. The highest BCUT2D eigenvalue weighted by atomic mass is 16.5. The summed E-state index contributed by atoms with van der Waals surface area (Å²) in [6, 6.07) is 18.3. The first-order valence-electron chi connectivity index (χ1n) is 9.61. The summed E-state index contributed by atoms with van der Waals surface area (Å²) in [4.78, 5) is 26.8. The highest BCUT2D eigenvalue weighted by Crippen LogP contribution is 2.26. The molecule has 0 radical (unpaired) electrons.